The maximum absolute atomic E-state index is 6.11. The molecular weight excluding hydrogens is 258 g/mol. The molecule has 0 unspecified atom stereocenters. The van der Waals surface area contributed by atoms with Crippen molar-refractivity contribution in [2.45, 2.75) is 44.6 Å². The second-order valence-corrected chi connectivity index (χ2v) is 6.24. The summed E-state index contributed by atoms with van der Waals surface area (Å²) < 4.78 is 5.75. The van der Waals surface area contributed by atoms with Crippen molar-refractivity contribution < 1.29 is 4.74 Å². The lowest BCUT2D eigenvalue weighted by molar-refractivity contribution is -0.0158. The summed E-state index contributed by atoms with van der Waals surface area (Å²) in [7, 11) is 1.75. The Morgan fingerprint density at radius 1 is 1.37 bits per heavy atom. The summed E-state index contributed by atoms with van der Waals surface area (Å²) in [4.78, 5) is 11.5. The first-order valence-electron chi connectivity index (χ1n) is 6.80. The number of ether oxygens (including phenoxy) is 1. The molecule has 1 saturated carbocycles. The highest BCUT2D eigenvalue weighted by Crippen LogP contribution is 2.41. The van der Waals surface area contributed by atoms with Crippen LogP contribution in [0.25, 0.3) is 10.2 Å². The number of hydrogen-bond donors (Lipinski definition) is 1. The molecule has 4 nitrogen and oxygen atoms in total. The first-order chi connectivity index (χ1) is 9.18. The van der Waals surface area contributed by atoms with Gasteiger partial charge in [-0.25, -0.2) is 9.97 Å². The lowest BCUT2D eigenvalue weighted by Crippen LogP contribution is -2.27. The number of thiophene rings is 1. The smallest absolute Gasteiger partial charge is 0.164 e. The number of aryl methyl sites for hydroxylation is 1. The van der Waals surface area contributed by atoms with Gasteiger partial charge in [-0.15, -0.1) is 11.3 Å². The molecule has 0 radical (unpaired) electrons. The lowest BCUT2D eigenvalue weighted by atomic mass is 10.0. The topological polar surface area (TPSA) is 61.0 Å². The Kier molecular flexibility index (Phi) is 3.19. The summed E-state index contributed by atoms with van der Waals surface area (Å²) in [6.45, 7) is 2.14. The molecule has 5 heteroatoms. The normalized spacial score (nSPS) is 18.2. The Hall–Kier alpha value is -1.20. The second kappa shape index (κ2) is 4.72. The molecule has 0 bridgehead atoms. The zero-order valence-electron chi connectivity index (χ0n) is 11.4. The van der Waals surface area contributed by atoms with E-state index >= 15 is 0 Å². The van der Waals surface area contributed by atoms with Crippen molar-refractivity contribution in [3.8, 4) is 0 Å². The summed E-state index contributed by atoms with van der Waals surface area (Å²) in [5, 5.41) is 0.981. The Balaban J connectivity index is 2.14. The summed E-state index contributed by atoms with van der Waals surface area (Å²) in [6.07, 6.45) is 5.31. The fraction of sp³-hybridized carbons (Fsp3) is 0.571. The molecule has 0 saturated heterocycles. The van der Waals surface area contributed by atoms with Gasteiger partial charge < -0.3 is 10.5 Å². The molecule has 2 heterocycles. The molecule has 19 heavy (non-hydrogen) atoms. The molecule has 0 amide bonds. The van der Waals surface area contributed by atoms with Crippen LogP contribution in [-0.2, 0) is 16.8 Å². The van der Waals surface area contributed by atoms with E-state index in [0.717, 1.165) is 35.3 Å². The van der Waals surface area contributed by atoms with Crippen LogP contribution in [0.1, 0.15) is 43.3 Å². The van der Waals surface area contributed by atoms with Gasteiger partial charge in [-0.2, -0.15) is 0 Å². The van der Waals surface area contributed by atoms with Crippen molar-refractivity contribution in [3.63, 3.8) is 0 Å². The Morgan fingerprint density at radius 3 is 2.74 bits per heavy atom. The number of rotatable bonds is 3. The van der Waals surface area contributed by atoms with E-state index in [4.69, 9.17) is 15.5 Å². The van der Waals surface area contributed by atoms with Crippen LogP contribution in [0.2, 0.25) is 0 Å². The number of anilines is 1. The van der Waals surface area contributed by atoms with E-state index < -0.39 is 0 Å². The SMILES string of the molecule is CCc1cc2c(N)nc(C3(OC)CCCC3)nc2s1. The highest BCUT2D eigenvalue weighted by Gasteiger charge is 2.39. The quantitative estimate of drug-likeness (QED) is 0.935. The molecule has 1 aliphatic rings. The maximum Gasteiger partial charge on any atom is 0.164 e. The fourth-order valence-corrected chi connectivity index (χ4v) is 3.81. The van der Waals surface area contributed by atoms with Crippen molar-refractivity contribution in [2.75, 3.05) is 12.8 Å². The minimum Gasteiger partial charge on any atom is -0.383 e. The highest BCUT2D eigenvalue weighted by molar-refractivity contribution is 7.18. The lowest BCUT2D eigenvalue weighted by Gasteiger charge is -2.25. The van der Waals surface area contributed by atoms with Crippen molar-refractivity contribution in [1.29, 1.82) is 0 Å². The molecule has 0 aromatic carbocycles. The molecule has 0 spiro atoms. The van der Waals surface area contributed by atoms with Crippen LogP contribution in [-0.4, -0.2) is 17.1 Å². The van der Waals surface area contributed by atoms with Crippen molar-refractivity contribution in [2.24, 2.45) is 0 Å². The number of fused-ring (bicyclic) bond motifs is 1. The van der Waals surface area contributed by atoms with E-state index in [0.29, 0.717) is 5.82 Å². The third kappa shape index (κ3) is 2.01. The number of hydrogen-bond acceptors (Lipinski definition) is 5. The van der Waals surface area contributed by atoms with Crippen LogP contribution in [0.3, 0.4) is 0 Å². The van der Waals surface area contributed by atoms with Crippen LogP contribution in [0, 0.1) is 0 Å². The molecular formula is C14H19N3OS. The van der Waals surface area contributed by atoms with Gasteiger partial charge in [0.1, 0.15) is 16.2 Å². The summed E-state index contributed by atoms with van der Waals surface area (Å²) in [6, 6.07) is 2.10. The molecule has 2 aromatic rings. The Morgan fingerprint density at radius 2 is 2.11 bits per heavy atom. The average molecular weight is 277 g/mol. The van der Waals surface area contributed by atoms with Gasteiger partial charge in [0.15, 0.2) is 5.82 Å². The summed E-state index contributed by atoms with van der Waals surface area (Å²) in [5.74, 6) is 1.35. The Labute approximate surface area is 117 Å². The van der Waals surface area contributed by atoms with E-state index in [-0.39, 0.29) is 5.60 Å². The van der Waals surface area contributed by atoms with E-state index in [1.165, 1.54) is 17.7 Å². The van der Waals surface area contributed by atoms with Crippen molar-refractivity contribution in [1.82, 2.24) is 9.97 Å². The standard InChI is InChI=1S/C14H19N3OS/c1-3-9-8-10-11(15)16-13(17-12(10)19-9)14(18-2)6-4-5-7-14/h8H,3-7H2,1-2H3,(H2,15,16,17). The number of methoxy groups -OCH3 is 1. The van der Waals surface area contributed by atoms with Crippen LogP contribution in [0.5, 0.6) is 0 Å². The molecule has 2 aromatic heterocycles. The van der Waals surface area contributed by atoms with Gasteiger partial charge in [0.05, 0.1) is 5.39 Å². The third-order valence-electron chi connectivity index (χ3n) is 4.03. The molecule has 0 atom stereocenters. The summed E-state index contributed by atoms with van der Waals surface area (Å²) >= 11 is 1.71. The second-order valence-electron chi connectivity index (χ2n) is 5.12. The van der Waals surface area contributed by atoms with E-state index in [1.54, 1.807) is 18.4 Å². The van der Waals surface area contributed by atoms with Crippen LogP contribution in [0.4, 0.5) is 5.82 Å². The molecule has 0 aliphatic heterocycles. The van der Waals surface area contributed by atoms with Gasteiger partial charge in [-0.3, -0.25) is 0 Å². The van der Waals surface area contributed by atoms with Crippen LogP contribution in [0.15, 0.2) is 6.07 Å². The van der Waals surface area contributed by atoms with Gasteiger partial charge in [0.2, 0.25) is 0 Å². The van der Waals surface area contributed by atoms with Crippen molar-refractivity contribution >= 4 is 27.4 Å². The number of aromatic nitrogens is 2. The van der Waals surface area contributed by atoms with E-state index in [1.807, 2.05) is 0 Å². The number of nitrogens with zero attached hydrogens (tertiary/aromatic N) is 2. The molecule has 2 N–H and O–H groups in total. The van der Waals surface area contributed by atoms with Gasteiger partial charge in [-0.05, 0) is 38.2 Å². The van der Waals surface area contributed by atoms with Gasteiger partial charge >= 0.3 is 0 Å². The highest BCUT2D eigenvalue weighted by atomic mass is 32.1. The largest absolute Gasteiger partial charge is 0.383 e. The molecule has 1 fully saturated rings. The van der Waals surface area contributed by atoms with E-state index in [2.05, 4.69) is 18.0 Å². The zero-order valence-corrected chi connectivity index (χ0v) is 12.2. The number of nitrogens with two attached hydrogens (primary N) is 1. The van der Waals surface area contributed by atoms with Crippen LogP contribution >= 0.6 is 11.3 Å². The van der Waals surface area contributed by atoms with Crippen LogP contribution < -0.4 is 5.73 Å². The monoisotopic (exact) mass is 277 g/mol. The Bertz CT molecular complexity index is 602. The predicted molar refractivity (Wildman–Crippen MR) is 78.4 cm³/mol. The average Bonchev–Trinajstić information content (AvgIpc) is 3.05. The summed E-state index contributed by atoms with van der Waals surface area (Å²) in [5.41, 5.74) is 5.79. The zero-order chi connectivity index (χ0) is 13.5. The minimum absolute atomic E-state index is 0.321. The fourth-order valence-electron chi connectivity index (χ4n) is 2.84. The van der Waals surface area contributed by atoms with E-state index in [9.17, 15) is 0 Å². The van der Waals surface area contributed by atoms with Crippen molar-refractivity contribution in [3.05, 3.63) is 16.8 Å². The first-order valence-corrected chi connectivity index (χ1v) is 7.62. The first kappa shape index (κ1) is 12.8. The van der Waals surface area contributed by atoms with Gasteiger partial charge in [0.25, 0.3) is 0 Å². The molecule has 1 aliphatic carbocycles. The van der Waals surface area contributed by atoms with Gasteiger partial charge in [0, 0.05) is 12.0 Å². The minimum atomic E-state index is -0.321. The van der Waals surface area contributed by atoms with Gasteiger partial charge in [-0.1, -0.05) is 6.92 Å². The third-order valence-corrected chi connectivity index (χ3v) is 5.20. The molecule has 102 valence electrons. The maximum atomic E-state index is 6.11. The number of nitrogen functional groups attached to an aromatic ring is 1. The molecule has 3 rings (SSSR count). The predicted octanol–water partition coefficient (Wildman–Crippen LogP) is 3.25.